The highest BCUT2D eigenvalue weighted by atomic mass is 16.1. The summed E-state index contributed by atoms with van der Waals surface area (Å²) >= 11 is 0. The lowest BCUT2D eigenvalue weighted by molar-refractivity contribution is -0.115. The van der Waals surface area contributed by atoms with Crippen LogP contribution in [0.1, 0.15) is 13.3 Å². The van der Waals surface area contributed by atoms with Gasteiger partial charge in [-0.2, -0.15) is 0 Å². The Labute approximate surface area is 114 Å². The van der Waals surface area contributed by atoms with E-state index in [9.17, 15) is 9.59 Å². The molecule has 0 unspecified atom stereocenters. The minimum Gasteiger partial charge on any atom is -0.325 e. The number of rotatable bonds is 2. The molecule has 0 atom stereocenters. The van der Waals surface area contributed by atoms with Crippen molar-refractivity contribution >= 4 is 33.4 Å². The molecule has 0 aliphatic rings. The van der Waals surface area contributed by atoms with Gasteiger partial charge in [0.2, 0.25) is 5.91 Å². The second-order valence-electron chi connectivity index (χ2n) is 4.52. The Balaban J connectivity index is 2.23. The summed E-state index contributed by atoms with van der Waals surface area (Å²) in [6, 6.07) is 9.05. The fourth-order valence-corrected chi connectivity index (χ4v) is 2.17. The van der Waals surface area contributed by atoms with Crippen LogP contribution in [-0.2, 0) is 4.79 Å². The predicted octanol–water partition coefficient (Wildman–Crippen LogP) is 2.42. The molecule has 2 aromatic heterocycles. The van der Waals surface area contributed by atoms with Crippen LogP contribution in [0.5, 0.6) is 0 Å². The number of pyridine rings is 2. The van der Waals surface area contributed by atoms with E-state index in [1.807, 2.05) is 18.2 Å². The molecular weight excluding hydrogens is 254 g/mol. The highest BCUT2D eigenvalue weighted by molar-refractivity contribution is 6.04. The molecule has 2 heterocycles. The molecule has 100 valence electrons. The number of carbonyl (C=O) groups is 1. The monoisotopic (exact) mass is 267 g/mol. The second-order valence-corrected chi connectivity index (χ2v) is 4.52. The van der Waals surface area contributed by atoms with Crippen molar-refractivity contribution in [3.8, 4) is 0 Å². The van der Waals surface area contributed by atoms with E-state index in [0.717, 1.165) is 10.9 Å². The van der Waals surface area contributed by atoms with E-state index in [0.29, 0.717) is 23.0 Å². The van der Waals surface area contributed by atoms with Gasteiger partial charge in [0.05, 0.1) is 22.9 Å². The molecule has 3 aromatic rings. The van der Waals surface area contributed by atoms with Gasteiger partial charge in [0.15, 0.2) is 0 Å². The van der Waals surface area contributed by atoms with E-state index in [1.165, 1.54) is 0 Å². The van der Waals surface area contributed by atoms with Gasteiger partial charge in [-0.3, -0.25) is 14.6 Å². The number of anilines is 1. The van der Waals surface area contributed by atoms with E-state index in [-0.39, 0.29) is 11.5 Å². The number of nitrogens with zero attached hydrogens (tertiary/aromatic N) is 1. The first kappa shape index (κ1) is 12.3. The van der Waals surface area contributed by atoms with Crippen molar-refractivity contribution in [3.05, 3.63) is 46.9 Å². The van der Waals surface area contributed by atoms with Crippen LogP contribution in [0.4, 0.5) is 5.69 Å². The third-order valence-corrected chi connectivity index (χ3v) is 3.17. The minimum atomic E-state index is -0.158. The van der Waals surface area contributed by atoms with Crippen molar-refractivity contribution in [3.63, 3.8) is 0 Å². The Kier molecular flexibility index (Phi) is 2.95. The number of nitrogens with one attached hydrogen (secondary N) is 2. The maximum absolute atomic E-state index is 12.0. The molecule has 20 heavy (non-hydrogen) atoms. The van der Waals surface area contributed by atoms with Crippen molar-refractivity contribution in [1.29, 1.82) is 0 Å². The summed E-state index contributed by atoms with van der Waals surface area (Å²) in [4.78, 5) is 30.5. The third kappa shape index (κ3) is 2.03. The standard InChI is InChI=1S/C15H13N3O2/c1-2-13(19)17-9-7-12-14(16-8-9)10-5-3-4-6-11(10)15(20)18-12/h3-8H,2H2,1H3,(H,17,19)(H,18,20). The zero-order chi connectivity index (χ0) is 14.1. The van der Waals surface area contributed by atoms with Crippen LogP contribution < -0.4 is 10.9 Å². The predicted molar refractivity (Wildman–Crippen MR) is 78.8 cm³/mol. The summed E-state index contributed by atoms with van der Waals surface area (Å²) in [6.07, 6.45) is 1.99. The Morgan fingerprint density at radius 2 is 2.05 bits per heavy atom. The summed E-state index contributed by atoms with van der Waals surface area (Å²) in [5.41, 5.74) is 1.75. The molecule has 0 saturated heterocycles. The van der Waals surface area contributed by atoms with Crippen molar-refractivity contribution in [1.82, 2.24) is 9.97 Å². The van der Waals surface area contributed by atoms with Gasteiger partial charge >= 0.3 is 0 Å². The van der Waals surface area contributed by atoms with Crippen molar-refractivity contribution < 1.29 is 4.79 Å². The highest BCUT2D eigenvalue weighted by Crippen LogP contribution is 2.21. The molecule has 1 amide bonds. The normalized spacial score (nSPS) is 10.8. The van der Waals surface area contributed by atoms with E-state index in [2.05, 4.69) is 15.3 Å². The minimum absolute atomic E-state index is 0.0886. The van der Waals surface area contributed by atoms with E-state index >= 15 is 0 Å². The van der Waals surface area contributed by atoms with E-state index in [4.69, 9.17) is 0 Å². The Morgan fingerprint density at radius 3 is 2.80 bits per heavy atom. The first-order valence-corrected chi connectivity index (χ1v) is 6.39. The molecule has 0 radical (unpaired) electrons. The number of aromatic amines is 1. The molecule has 1 aromatic carbocycles. The van der Waals surface area contributed by atoms with Gasteiger partial charge in [0.1, 0.15) is 0 Å². The summed E-state index contributed by atoms with van der Waals surface area (Å²) in [5.74, 6) is -0.0886. The number of H-pyrrole nitrogens is 1. The fourth-order valence-electron chi connectivity index (χ4n) is 2.17. The molecule has 0 bridgehead atoms. The molecule has 5 heteroatoms. The van der Waals surface area contributed by atoms with E-state index in [1.54, 1.807) is 25.3 Å². The lowest BCUT2D eigenvalue weighted by Crippen LogP contribution is -2.11. The van der Waals surface area contributed by atoms with Crippen molar-refractivity contribution in [2.75, 3.05) is 5.32 Å². The SMILES string of the molecule is CCC(=O)Nc1cnc2c(c1)[nH]c(=O)c1ccccc12. The van der Waals surface area contributed by atoms with Gasteiger partial charge < -0.3 is 10.3 Å². The van der Waals surface area contributed by atoms with Crippen molar-refractivity contribution in [2.45, 2.75) is 13.3 Å². The molecule has 3 rings (SSSR count). The van der Waals surface area contributed by atoms with Crippen molar-refractivity contribution in [2.24, 2.45) is 0 Å². The van der Waals surface area contributed by atoms with Gasteiger partial charge in [-0.05, 0) is 12.1 Å². The van der Waals surface area contributed by atoms with Gasteiger partial charge in [-0.25, -0.2) is 0 Å². The molecule has 0 fully saturated rings. The zero-order valence-corrected chi connectivity index (χ0v) is 10.9. The molecule has 5 nitrogen and oxygen atoms in total. The highest BCUT2D eigenvalue weighted by Gasteiger charge is 2.07. The van der Waals surface area contributed by atoms with Gasteiger partial charge in [0.25, 0.3) is 5.56 Å². The average molecular weight is 267 g/mol. The Morgan fingerprint density at radius 1 is 1.30 bits per heavy atom. The number of amides is 1. The Hall–Kier alpha value is -2.69. The summed E-state index contributed by atoms with van der Waals surface area (Å²) in [7, 11) is 0. The smallest absolute Gasteiger partial charge is 0.256 e. The fraction of sp³-hybridized carbons (Fsp3) is 0.133. The summed E-state index contributed by atoms with van der Waals surface area (Å²) in [5, 5.41) is 4.14. The van der Waals surface area contributed by atoms with Gasteiger partial charge in [0, 0.05) is 17.2 Å². The van der Waals surface area contributed by atoms with Crippen LogP contribution in [0.3, 0.4) is 0 Å². The first-order chi connectivity index (χ1) is 9.69. The maximum Gasteiger partial charge on any atom is 0.256 e. The van der Waals surface area contributed by atoms with Crippen LogP contribution in [0.2, 0.25) is 0 Å². The molecule has 0 aliphatic heterocycles. The lowest BCUT2D eigenvalue weighted by atomic mass is 10.1. The summed E-state index contributed by atoms with van der Waals surface area (Å²) in [6.45, 7) is 1.78. The molecule has 0 saturated carbocycles. The Bertz CT molecular complexity index is 868. The zero-order valence-electron chi connectivity index (χ0n) is 10.9. The van der Waals surface area contributed by atoms with Gasteiger partial charge in [-0.15, -0.1) is 0 Å². The summed E-state index contributed by atoms with van der Waals surface area (Å²) < 4.78 is 0. The first-order valence-electron chi connectivity index (χ1n) is 6.39. The van der Waals surface area contributed by atoms with Crippen LogP contribution in [0, 0.1) is 0 Å². The number of hydrogen-bond donors (Lipinski definition) is 2. The lowest BCUT2D eigenvalue weighted by Gasteiger charge is -2.06. The number of carbonyl (C=O) groups excluding carboxylic acids is 1. The second kappa shape index (κ2) is 4.77. The molecule has 2 N–H and O–H groups in total. The van der Waals surface area contributed by atoms with Crippen LogP contribution in [0.25, 0.3) is 21.8 Å². The average Bonchev–Trinajstić information content (AvgIpc) is 2.47. The number of hydrogen-bond acceptors (Lipinski definition) is 3. The van der Waals surface area contributed by atoms with Crippen LogP contribution in [0.15, 0.2) is 41.3 Å². The number of fused-ring (bicyclic) bond motifs is 3. The maximum atomic E-state index is 12.0. The largest absolute Gasteiger partial charge is 0.325 e. The number of benzene rings is 1. The molecule has 0 aliphatic carbocycles. The van der Waals surface area contributed by atoms with Gasteiger partial charge in [-0.1, -0.05) is 25.1 Å². The number of aromatic nitrogens is 2. The molecule has 0 spiro atoms. The van der Waals surface area contributed by atoms with E-state index < -0.39 is 0 Å². The quantitative estimate of drug-likeness (QED) is 0.700. The third-order valence-electron chi connectivity index (χ3n) is 3.17. The topological polar surface area (TPSA) is 74.8 Å². The van der Waals surface area contributed by atoms with Crippen LogP contribution in [-0.4, -0.2) is 15.9 Å². The molecular formula is C15H13N3O2. The van der Waals surface area contributed by atoms with Crippen LogP contribution >= 0.6 is 0 Å².